The van der Waals surface area contributed by atoms with E-state index < -0.39 is 0 Å². The van der Waals surface area contributed by atoms with Crippen LogP contribution in [0.25, 0.3) is 0 Å². The summed E-state index contributed by atoms with van der Waals surface area (Å²) in [5.41, 5.74) is 1.20. The van der Waals surface area contributed by atoms with Crippen molar-refractivity contribution in [1.29, 1.82) is 0 Å². The Morgan fingerprint density at radius 3 is 2.41 bits per heavy atom. The van der Waals surface area contributed by atoms with Crippen molar-refractivity contribution in [3.8, 4) is 11.5 Å². The van der Waals surface area contributed by atoms with Gasteiger partial charge in [-0.15, -0.1) is 0 Å². The number of hydrogen-bond donors (Lipinski definition) is 2. The number of benzene rings is 1. The molecule has 8 nitrogen and oxygen atoms in total. The van der Waals surface area contributed by atoms with Crippen LogP contribution in [0.3, 0.4) is 0 Å². The first-order chi connectivity index (χ1) is 14.1. The minimum Gasteiger partial charge on any atom is -0.497 e. The Bertz CT molecular complexity index is 814. The van der Waals surface area contributed by atoms with E-state index in [0.717, 1.165) is 12.8 Å². The van der Waals surface area contributed by atoms with E-state index in [4.69, 9.17) is 9.47 Å². The standard InChI is InChI=1S/C21H26N4O4/c1-28-18-10-17(11-19(12-18)29-2)24-21(27)23-13-15-5-8-25(9-6-15)20(26)16-4-3-7-22-14-16/h3-4,7,10-12,14-15H,5-6,8-9,13H2,1-2H3,(H2,23,24,27). The molecule has 3 amide bonds. The van der Waals surface area contributed by atoms with E-state index in [1.807, 2.05) is 4.90 Å². The molecule has 2 N–H and O–H groups in total. The summed E-state index contributed by atoms with van der Waals surface area (Å²) >= 11 is 0. The van der Waals surface area contributed by atoms with Crippen LogP contribution in [-0.2, 0) is 0 Å². The van der Waals surface area contributed by atoms with E-state index >= 15 is 0 Å². The number of pyridine rings is 1. The van der Waals surface area contributed by atoms with Crippen LogP contribution in [0.5, 0.6) is 11.5 Å². The second kappa shape index (κ2) is 9.77. The molecule has 1 aromatic carbocycles. The van der Waals surface area contributed by atoms with E-state index in [1.165, 1.54) is 0 Å². The number of carbonyl (C=O) groups excluding carboxylic acids is 2. The number of carbonyl (C=O) groups is 2. The molecule has 0 saturated carbocycles. The van der Waals surface area contributed by atoms with Crippen molar-refractivity contribution in [1.82, 2.24) is 15.2 Å². The lowest BCUT2D eigenvalue weighted by Gasteiger charge is -2.32. The highest BCUT2D eigenvalue weighted by atomic mass is 16.5. The van der Waals surface area contributed by atoms with Gasteiger partial charge in [0.15, 0.2) is 0 Å². The normalized spacial score (nSPS) is 14.2. The Balaban J connectivity index is 1.44. The fourth-order valence-electron chi connectivity index (χ4n) is 3.30. The number of methoxy groups -OCH3 is 2. The lowest BCUT2D eigenvalue weighted by Crippen LogP contribution is -2.42. The number of piperidine rings is 1. The zero-order valence-electron chi connectivity index (χ0n) is 16.7. The number of nitrogens with one attached hydrogen (secondary N) is 2. The van der Waals surface area contributed by atoms with Crippen LogP contribution >= 0.6 is 0 Å². The first kappa shape index (κ1) is 20.4. The molecular weight excluding hydrogens is 372 g/mol. The number of hydrogen-bond acceptors (Lipinski definition) is 5. The molecule has 2 aromatic rings. The quantitative estimate of drug-likeness (QED) is 0.781. The van der Waals surface area contributed by atoms with Gasteiger partial charge in [0.1, 0.15) is 11.5 Å². The number of amides is 3. The highest BCUT2D eigenvalue weighted by Gasteiger charge is 2.24. The van der Waals surface area contributed by atoms with Crippen molar-refractivity contribution >= 4 is 17.6 Å². The van der Waals surface area contributed by atoms with Gasteiger partial charge in [-0.1, -0.05) is 0 Å². The topological polar surface area (TPSA) is 92.8 Å². The Morgan fingerprint density at radius 2 is 1.83 bits per heavy atom. The van der Waals surface area contributed by atoms with Crippen LogP contribution in [0.2, 0.25) is 0 Å². The second-order valence-corrected chi connectivity index (χ2v) is 6.91. The highest BCUT2D eigenvalue weighted by Crippen LogP contribution is 2.25. The molecule has 154 valence electrons. The van der Waals surface area contributed by atoms with Gasteiger partial charge in [-0.2, -0.15) is 0 Å². The second-order valence-electron chi connectivity index (χ2n) is 6.91. The van der Waals surface area contributed by atoms with E-state index in [2.05, 4.69) is 15.6 Å². The molecule has 3 rings (SSSR count). The smallest absolute Gasteiger partial charge is 0.319 e. The minimum atomic E-state index is -0.283. The molecular formula is C21H26N4O4. The van der Waals surface area contributed by atoms with Crippen molar-refractivity contribution in [2.75, 3.05) is 39.2 Å². The SMILES string of the molecule is COc1cc(NC(=O)NCC2CCN(C(=O)c3cccnc3)CC2)cc(OC)c1. The summed E-state index contributed by atoms with van der Waals surface area (Å²) in [5, 5.41) is 5.70. The van der Waals surface area contributed by atoms with Gasteiger partial charge < -0.3 is 25.0 Å². The molecule has 0 bridgehead atoms. The number of nitrogens with zero attached hydrogens (tertiary/aromatic N) is 2. The Hall–Kier alpha value is -3.29. The average molecular weight is 398 g/mol. The molecule has 1 aromatic heterocycles. The summed E-state index contributed by atoms with van der Waals surface area (Å²) in [6, 6.07) is 8.45. The molecule has 0 atom stereocenters. The van der Waals surface area contributed by atoms with Crippen LogP contribution in [0.4, 0.5) is 10.5 Å². The lowest BCUT2D eigenvalue weighted by molar-refractivity contribution is 0.0690. The van der Waals surface area contributed by atoms with Gasteiger partial charge >= 0.3 is 6.03 Å². The molecule has 0 unspecified atom stereocenters. The van der Waals surface area contributed by atoms with Crippen LogP contribution in [0, 0.1) is 5.92 Å². The van der Waals surface area contributed by atoms with Crippen molar-refractivity contribution in [2.45, 2.75) is 12.8 Å². The van der Waals surface area contributed by atoms with E-state index in [9.17, 15) is 9.59 Å². The van der Waals surface area contributed by atoms with Gasteiger partial charge in [-0.3, -0.25) is 9.78 Å². The van der Waals surface area contributed by atoms with Crippen LogP contribution in [-0.4, -0.2) is 55.7 Å². The third-order valence-electron chi connectivity index (χ3n) is 4.97. The molecule has 29 heavy (non-hydrogen) atoms. The predicted octanol–water partition coefficient (Wildman–Crippen LogP) is 2.77. The summed E-state index contributed by atoms with van der Waals surface area (Å²) in [5.74, 6) is 1.54. The number of aromatic nitrogens is 1. The number of rotatable bonds is 6. The molecule has 1 aliphatic heterocycles. The Kier molecular flexibility index (Phi) is 6.89. The van der Waals surface area contributed by atoms with Crippen molar-refractivity contribution in [3.05, 3.63) is 48.3 Å². The maximum absolute atomic E-state index is 12.5. The first-order valence-electron chi connectivity index (χ1n) is 9.56. The average Bonchev–Trinajstić information content (AvgIpc) is 2.77. The zero-order valence-corrected chi connectivity index (χ0v) is 16.7. The number of anilines is 1. The van der Waals surface area contributed by atoms with E-state index in [1.54, 1.807) is 56.9 Å². The third kappa shape index (κ3) is 5.60. The molecule has 1 fully saturated rings. The first-order valence-corrected chi connectivity index (χ1v) is 9.56. The Morgan fingerprint density at radius 1 is 1.14 bits per heavy atom. The van der Waals surface area contributed by atoms with Gasteiger partial charge in [0.25, 0.3) is 5.91 Å². The monoisotopic (exact) mass is 398 g/mol. The summed E-state index contributed by atoms with van der Waals surface area (Å²) < 4.78 is 10.4. The largest absolute Gasteiger partial charge is 0.497 e. The van der Waals surface area contributed by atoms with Gasteiger partial charge in [-0.25, -0.2) is 4.79 Å². The lowest BCUT2D eigenvalue weighted by atomic mass is 9.96. The molecule has 0 aliphatic carbocycles. The van der Waals surface area contributed by atoms with Crippen LogP contribution in [0.1, 0.15) is 23.2 Å². The molecule has 1 saturated heterocycles. The molecule has 8 heteroatoms. The van der Waals surface area contributed by atoms with E-state index in [-0.39, 0.29) is 11.9 Å². The van der Waals surface area contributed by atoms with Gasteiger partial charge in [0.05, 0.1) is 19.8 Å². The number of urea groups is 1. The van der Waals surface area contributed by atoms with Crippen molar-refractivity contribution in [2.24, 2.45) is 5.92 Å². The molecule has 0 radical (unpaired) electrons. The summed E-state index contributed by atoms with van der Waals surface area (Å²) in [6.07, 6.45) is 4.94. The predicted molar refractivity (Wildman–Crippen MR) is 109 cm³/mol. The number of ether oxygens (including phenoxy) is 2. The van der Waals surface area contributed by atoms with Gasteiger partial charge in [-0.05, 0) is 30.9 Å². The number of likely N-dealkylation sites (tertiary alicyclic amines) is 1. The summed E-state index contributed by atoms with van der Waals surface area (Å²) in [6.45, 7) is 1.91. The maximum Gasteiger partial charge on any atom is 0.319 e. The van der Waals surface area contributed by atoms with Gasteiger partial charge in [0, 0.05) is 55.9 Å². The minimum absolute atomic E-state index is 0.00854. The summed E-state index contributed by atoms with van der Waals surface area (Å²) in [4.78, 5) is 30.5. The maximum atomic E-state index is 12.5. The van der Waals surface area contributed by atoms with E-state index in [0.29, 0.717) is 48.3 Å². The fourth-order valence-corrected chi connectivity index (χ4v) is 3.30. The molecule has 2 heterocycles. The summed E-state index contributed by atoms with van der Waals surface area (Å²) in [7, 11) is 3.12. The highest BCUT2D eigenvalue weighted by molar-refractivity contribution is 5.94. The molecule has 0 spiro atoms. The van der Waals surface area contributed by atoms with Crippen LogP contribution < -0.4 is 20.1 Å². The fraction of sp³-hybridized carbons (Fsp3) is 0.381. The van der Waals surface area contributed by atoms with Gasteiger partial charge in [0.2, 0.25) is 0 Å². The Labute approximate surface area is 170 Å². The van der Waals surface area contributed by atoms with Crippen molar-refractivity contribution < 1.29 is 19.1 Å². The zero-order chi connectivity index (χ0) is 20.6. The van der Waals surface area contributed by atoms with Crippen molar-refractivity contribution in [3.63, 3.8) is 0 Å². The molecule has 1 aliphatic rings. The third-order valence-corrected chi connectivity index (χ3v) is 4.97. The van der Waals surface area contributed by atoms with Crippen LogP contribution in [0.15, 0.2) is 42.7 Å².